The van der Waals surface area contributed by atoms with Gasteiger partial charge in [-0.15, -0.1) is 0 Å². The predicted molar refractivity (Wildman–Crippen MR) is 138 cm³/mol. The van der Waals surface area contributed by atoms with Crippen LogP contribution in [0.2, 0.25) is 36.3 Å². The molecular formula is C26H44O4Si2. The lowest BCUT2D eigenvalue weighted by molar-refractivity contribution is -0.0122. The number of carbonyl (C=O) groups is 1. The molecule has 0 amide bonds. The Kier molecular flexibility index (Phi) is 7.77. The van der Waals surface area contributed by atoms with Crippen molar-refractivity contribution in [3.63, 3.8) is 0 Å². The molecule has 0 bridgehead atoms. The summed E-state index contributed by atoms with van der Waals surface area (Å²) in [6.45, 7) is 25.0. The monoisotopic (exact) mass is 476 g/mol. The Labute approximate surface area is 198 Å². The van der Waals surface area contributed by atoms with Crippen LogP contribution in [0, 0.1) is 0 Å². The van der Waals surface area contributed by atoms with Gasteiger partial charge in [0.25, 0.3) is 0 Å². The molecule has 0 N–H and O–H groups in total. The zero-order valence-electron chi connectivity index (χ0n) is 22.1. The van der Waals surface area contributed by atoms with Crippen LogP contribution in [0.3, 0.4) is 0 Å². The summed E-state index contributed by atoms with van der Waals surface area (Å²) in [5.41, 5.74) is 0.956. The molecule has 1 aliphatic rings. The zero-order valence-corrected chi connectivity index (χ0v) is 24.1. The summed E-state index contributed by atoms with van der Waals surface area (Å²) in [6, 6.07) is 9.14. The Hall–Kier alpha value is -1.22. The minimum Gasteiger partial charge on any atom is -0.457 e. The van der Waals surface area contributed by atoms with Crippen molar-refractivity contribution < 1.29 is 18.4 Å². The number of ether oxygens (including phenoxy) is 1. The minimum atomic E-state index is -2.11. The molecule has 1 aliphatic carbocycles. The maximum absolute atomic E-state index is 12.6. The molecule has 6 heteroatoms. The largest absolute Gasteiger partial charge is 0.457 e. The Morgan fingerprint density at radius 3 is 2.00 bits per heavy atom. The van der Waals surface area contributed by atoms with Crippen LogP contribution in [-0.4, -0.2) is 40.9 Å². The second kappa shape index (κ2) is 9.20. The first-order valence-corrected chi connectivity index (χ1v) is 17.5. The third kappa shape index (κ3) is 5.82. The van der Waals surface area contributed by atoms with Gasteiger partial charge in [0.1, 0.15) is 12.2 Å². The lowest BCUT2D eigenvalue weighted by Gasteiger charge is -2.49. The molecule has 2 rings (SSSR count). The molecule has 0 unspecified atom stereocenters. The maximum atomic E-state index is 12.6. The van der Waals surface area contributed by atoms with Crippen molar-refractivity contribution in [1.82, 2.24) is 0 Å². The van der Waals surface area contributed by atoms with Crippen LogP contribution in [0.4, 0.5) is 0 Å². The van der Waals surface area contributed by atoms with E-state index in [0.29, 0.717) is 5.56 Å². The standard InChI is InChI=1S/C26H44O4Si2/c1-24(2,3)31(8,9)29-22-18-17-21(19-28-23(27)20-15-13-12-14-16-20)26(22,7)30-32(10,11)25(4,5)6/h12-17,22H,18-19H2,1-11H3/t22-,26-/m0/s1. The summed E-state index contributed by atoms with van der Waals surface area (Å²) < 4.78 is 19.7. The highest BCUT2D eigenvalue weighted by Crippen LogP contribution is 2.47. The molecule has 0 radical (unpaired) electrons. The van der Waals surface area contributed by atoms with Gasteiger partial charge in [-0.1, -0.05) is 65.8 Å². The summed E-state index contributed by atoms with van der Waals surface area (Å²) in [7, 11) is -4.13. The number of carbonyl (C=O) groups excluding carboxylic acids is 1. The van der Waals surface area contributed by atoms with E-state index >= 15 is 0 Å². The van der Waals surface area contributed by atoms with Gasteiger partial charge in [-0.05, 0) is 67.3 Å². The van der Waals surface area contributed by atoms with E-state index in [-0.39, 0.29) is 28.8 Å². The van der Waals surface area contributed by atoms with Gasteiger partial charge in [-0.25, -0.2) is 4.79 Å². The fraction of sp³-hybridized carbons (Fsp3) is 0.654. The molecule has 180 valence electrons. The van der Waals surface area contributed by atoms with Gasteiger partial charge >= 0.3 is 5.97 Å². The van der Waals surface area contributed by atoms with E-state index in [1.165, 1.54) is 0 Å². The van der Waals surface area contributed by atoms with Crippen LogP contribution in [0.5, 0.6) is 0 Å². The Morgan fingerprint density at radius 2 is 1.50 bits per heavy atom. The number of esters is 1. The molecular weight excluding hydrogens is 432 g/mol. The number of benzene rings is 1. The minimum absolute atomic E-state index is 0.0615. The van der Waals surface area contributed by atoms with Crippen molar-refractivity contribution in [2.24, 2.45) is 0 Å². The second-order valence-electron chi connectivity index (χ2n) is 12.2. The van der Waals surface area contributed by atoms with Crippen LogP contribution < -0.4 is 0 Å². The predicted octanol–water partition coefficient (Wildman–Crippen LogP) is 7.34. The average Bonchev–Trinajstić information content (AvgIpc) is 2.92. The molecule has 0 aliphatic heterocycles. The molecule has 0 heterocycles. The molecule has 0 aromatic heterocycles. The highest BCUT2D eigenvalue weighted by atomic mass is 28.4. The second-order valence-corrected chi connectivity index (χ2v) is 21.7. The molecule has 0 saturated heterocycles. The van der Waals surface area contributed by atoms with Crippen molar-refractivity contribution >= 4 is 22.6 Å². The van der Waals surface area contributed by atoms with Crippen LogP contribution in [0.1, 0.15) is 65.2 Å². The van der Waals surface area contributed by atoms with Gasteiger partial charge in [-0.3, -0.25) is 0 Å². The molecule has 0 saturated carbocycles. The summed E-state index contributed by atoms with van der Waals surface area (Å²) >= 11 is 0. The van der Waals surface area contributed by atoms with Crippen molar-refractivity contribution in [3.05, 3.63) is 47.5 Å². The van der Waals surface area contributed by atoms with Gasteiger partial charge in [0.15, 0.2) is 16.6 Å². The average molecular weight is 477 g/mol. The highest BCUT2D eigenvalue weighted by Gasteiger charge is 2.53. The quantitative estimate of drug-likeness (QED) is 0.234. The summed E-state index contributed by atoms with van der Waals surface area (Å²) in [4.78, 5) is 12.6. The van der Waals surface area contributed by atoms with Gasteiger partial charge in [0.2, 0.25) is 0 Å². The fourth-order valence-corrected chi connectivity index (χ4v) is 6.41. The van der Waals surface area contributed by atoms with Crippen molar-refractivity contribution in [1.29, 1.82) is 0 Å². The van der Waals surface area contributed by atoms with Gasteiger partial charge < -0.3 is 13.6 Å². The zero-order chi connectivity index (χ0) is 24.6. The lowest BCUT2D eigenvalue weighted by Crippen LogP contribution is -2.57. The normalized spacial score (nSPS) is 22.6. The molecule has 32 heavy (non-hydrogen) atoms. The number of rotatable bonds is 7. The van der Waals surface area contributed by atoms with E-state index < -0.39 is 22.2 Å². The molecule has 0 fully saturated rings. The highest BCUT2D eigenvalue weighted by molar-refractivity contribution is 6.74. The number of hydrogen-bond acceptors (Lipinski definition) is 4. The third-order valence-electron chi connectivity index (χ3n) is 7.72. The van der Waals surface area contributed by atoms with Gasteiger partial charge in [0, 0.05) is 0 Å². The van der Waals surface area contributed by atoms with Crippen molar-refractivity contribution in [2.45, 2.75) is 103 Å². The Bertz CT molecular complexity index is 832. The Morgan fingerprint density at radius 1 is 0.969 bits per heavy atom. The lowest BCUT2D eigenvalue weighted by atomic mass is 9.96. The third-order valence-corrected chi connectivity index (χ3v) is 16.7. The van der Waals surface area contributed by atoms with Crippen LogP contribution in [-0.2, 0) is 13.6 Å². The van der Waals surface area contributed by atoms with E-state index in [2.05, 4.69) is 80.7 Å². The van der Waals surface area contributed by atoms with Crippen molar-refractivity contribution in [2.75, 3.05) is 6.61 Å². The van der Waals surface area contributed by atoms with E-state index in [4.69, 9.17) is 13.6 Å². The van der Waals surface area contributed by atoms with E-state index in [0.717, 1.165) is 12.0 Å². The molecule has 0 spiro atoms. The maximum Gasteiger partial charge on any atom is 0.338 e. The number of hydrogen-bond donors (Lipinski definition) is 0. The van der Waals surface area contributed by atoms with E-state index in [1.54, 1.807) is 12.1 Å². The molecule has 4 nitrogen and oxygen atoms in total. The van der Waals surface area contributed by atoms with Crippen LogP contribution in [0.25, 0.3) is 0 Å². The topological polar surface area (TPSA) is 44.8 Å². The molecule has 1 aromatic rings. The first-order chi connectivity index (χ1) is 14.4. The molecule has 1 aromatic carbocycles. The van der Waals surface area contributed by atoms with Crippen LogP contribution >= 0.6 is 0 Å². The first-order valence-electron chi connectivity index (χ1n) is 11.7. The summed E-state index contributed by atoms with van der Waals surface area (Å²) in [5.74, 6) is -0.310. The summed E-state index contributed by atoms with van der Waals surface area (Å²) in [5, 5.41) is 0.166. The van der Waals surface area contributed by atoms with Crippen molar-refractivity contribution in [3.8, 4) is 0 Å². The van der Waals surface area contributed by atoms with E-state index in [1.807, 2.05) is 18.2 Å². The summed E-state index contributed by atoms with van der Waals surface area (Å²) in [6.07, 6.45) is 2.86. The fourth-order valence-electron chi connectivity index (χ4n) is 3.39. The smallest absolute Gasteiger partial charge is 0.338 e. The van der Waals surface area contributed by atoms with Crippen LogP contribution in [0.15, 0.2) is 42.0 Å². The van der Waals surface area contributed by atoms with Gasteiger partial charge in [0.05, 0.1) is 11.7 Å². The first kappa shape index (κ1) is 27.0. The SMILES string of the molecule is CC(C)(C)[Si](C)(C)O[C@H]1CC=C(COC(=O)c2ccccc2)[C@]1(C)O[Si](C)(C)C(C)(C)C. The molecule has 2 atom stereocenters. The Balaban J connectivity index is 2.30. The van der Waals surface area contributed by atoms with E-state index in [9.17, 15) is 4.79 Å². The van der Waals surface area contributed by atoms with Gasteiger partial charge in [-0.2, -0.15) is 0 Å².